The zero-order chi connectivity index (χ0) is 23.7. The SMILES string of the molecule is OC[C@H]1O[C@@H](O[C@@H]2[C@H](O)[C@@H](O)[C@H](O[C@H]3[C@H](O)C(O)O[C@@H]3CO)O[C@@H]2CO)[C@H](O)[C@@H](O)[C@H]1O. The monoisotopic (exact) mass is 474 g/mol. The molecule has 0 aliphatic carbocycles. The maximum absolute atomic E-state index is 10.5. The number of rotatable bonds is 7. The standard InChI is InChI=1S/C17H30O15/c18-1-4-7(21)8(22)10(24)16(29-4)31-13-6(3-20)30-17(11(25)9(13)23)32-14-5(2-19)28-15(27)12(14)26/h4-27H,1-3H2/t4-,5-,6-,7+,8+,9-,10-,11-,12+,13+,14-,15?,16+,17+/m1/s1. The predicted octanol–water partition coefficient (Wildman–Crippen LogP) is -6.93. The van der Waals surface area contributed by atoms with Crippen LogP contribution in [-0.4, -0.2) is 157 Å². The third-order valence-corrected chi connectivity index (χ3v) is 5.74. The van der Waals surface area contributed by atoms with Crippen molar-refractivity contribution >= 4 is 0 Å². The van der Waals surface area contributed by atoms with Crippen LogP contribution in [0.2, 0.25) is 0 Å². The van der Waals surface area contributed by atoms with Gasteiger partial charge < -0.3 is 74.7 Å². The second-order valence-electron chi connectivity index (χ2n) is 7.84. The highest BCUT2D eigenvalue weighted by Crippen LogP contribution is 2.32. The molecule has 188 valence electrons. The first-order valence-electron chi connectivity index (χ1n) is 10.0. The van der Waals surface area contributed by atoms with Gasteiger partial charge in [-0.15, -0.1) is 0 Å². The van der Waals surface area contributed by atoms with Crippen molar-refractivity contribution in [1.29, 1.82) is 0 Å². The lowest BCUT2D eigenvalue weighted by atomic mass is 9.97. The molecule has 3 aliphatic rings. The molecule has 14 atom stereocenters. The Hall–Kier alpha value is -0.600. The highest BCUT2D eigenvalue weighted by Gasteiger charge is 2.53. The Morgan fingerprint density at radius 2 is 0.906 bits per heavy atom. The summed E-state index contributed by atoms with van der Waals surface area (Å²) in [5, 5.41) is 98.6. The Labute approximate surface area is 181 Å². The van der Waals surface area contributed by atoms with E-state index in [9.17, 15) is 51.1 Å². The van der Waals surface area contributed by atoms with Crippen LogP contribution in [0.3, 0.4) is 0 Å². The largest absolute Gasteiger partial charge is 0.394 e. The van der Waals surface area contributed by atoms with E-state index in [0.717, 1.165) is 0 Å². The van der Waals surface area contributed by atoms with Gasteiger partial charge in [0.25, 0.3) is 0 Å². The molecule has 15 heteroatoms. The van der Waals surface area contributed by atoms with E-state index in [1.165, 1.54) is 0 Å². The minimum atomic E-state index is -1.84. The molecule has 0 aromatic heterocycles. The van der Waals surface area contributed by atoms with Gasteiger partial charge in [0.15, 0.2) is 18.9 Å². The van der Waals surface area contributed by atoms with E-state index in [1.54, 1.807) is 0 Å². The lowest BCUT2D eigenvalue weighted by Gasteiger charge is -2.46. The van der Waals surface area contributed by atoms with E-state index in [1.807, 2.05) is 0 Å². The molecule has 3 aliphatic heterocycles. The summed E-state index contributed by atoms with van der Waals surface area (Å²) in [6.07, 6.45) is -22.1. The molecule has 0 aromatic carbocycles. The van der Waals surface area contributed by atoms with Crippen LogP contribution in [0.1, 0.15) is 0 Å². The van der Waals surface area contributed by atoms with Crippen LogP contribution in [0.4, 0.5) is 0 Å². The van der Waals surface area contributed by atoms with Crippen molar-refractivity contribution in [3.63, 3.8) is 0 Å². The van der Waals surface area contributed by atoms with E-state index in [0.29, 0.717) is 0 Å². The van der Waals surface area contributed by atoms with Gasteiger partial charge in [0.1, 0.15) is 67.1 Å². The fraction of sp³-hybridized carbons (Fsp3) is 1.00. The van der Waals surface area contributed by atoms with Crippen molar-refractivity contribution in [2.24, 2.45) is 0 Å². The van der Waals surface area contributed by atoms with E-state index in [2.05, 4.69) is 0 Å². The molecule has 3 fully saturated rings. The summed E-state index contributed by atoms with van der Waals surface area (Å²) in [5.41, 5.74) is 0. The summed E-state index contributed by atoms with van der Waals surface area (Å²) in [5.74, 6) is 0. The second kappa shape index (κ2) is 10.8. The van der Waals surface area contributed by atoms with Crippen molar-refractivity contribution in [3.8, 4) is 0 Å². The summed E-state index contributed by atoms with van der Waals surface area (Å²) in [6, 6.07) is 0. The zero-order valence-electron chi connectivity index (χ0n) is 16.7. The maximum atomic E-state index is 10.5. The number of ether oxygens (including phenoxy) is 5. The second-order valence-corrected chi connectivity index (χ2v) is 7.84. The first-order valence-corrected chi connectivity index (χ1v) is 10.0. The molecule has 0 spiro atoms. The number of hydrogen-bond acceptors (Lipinski definition) is 15. The van der Waals surface area contributed by atoms with E-state index >= 15 is 0 Å². The van der Waals surface area contributed by atoms with Crippen molar-refractivity contribution in [2.45, 2.75) is 86.0 Å². The normalized spacial score (nSPS) is 52.3. The van der Waals surface area contributed by atoms with Crippen LogP contribution in [0.15, 0.2) is 0 Å². The summed E-state index contributed by atoms with van der Waals surface area (Å²) in [7, 11) is 0. The van der Waals surface area contributed by atoms with Gasteiger partial charge >= 0.3 is 0 Å². The first-order chi connectivity index (χ1) is 15.1. The topological polar surface area (TPSA) is 248 Å². The Bertz CT molecular complexity index is 592. The first kappa shape index (κ1) is 26.0. The molecule has 0 aromatic rings. The van der Waals surface area contributed by atoms with Gasteiger partial charge in [-0.25, -0.2) is 0 Å². The molecule has 32 heavy (non-hydrogen) atoms. The summed E-state index contributed by atoms with van der Waals surface area (Å²) in [4.78, 5) is 0. The quantitative estimate of drug-likeness (QED) is 0.165. The van der Waals surface area contributed by atoms with Gasteiger partial charge in [-0.1, -0.05) is 0 Å². The molecule has 3 rings (SSSR count). The van der Waals surface area contributed by atoms with Crippen LogP contribution in [0, 0.1) is 0 Å². The Kier molecular flexibility index (Phi) is 8.75. The van der Waals surface area contributed by atoms with Crippen molar-refractivity contribution in [1.82, 2.24) is 0 Å². The van der Waals surface area contributed by atoms with Gasteiger partial charge in [0, 0.05) is 0 Å². The van der Waals surface area contributed by atoms with Crippen molar-refractivity contribution in [2.75, 3.05) is 19.8 Å². The molecule has 1 unspecified atom stereocenters. The van der Waals surface area contributed by atoms with Crippen molar-refractivity contribution < 1.29 is 74.7 Å². The molecule has 0 radical (unpaired) electrons. The van der Waals surface area contributed by atoms with Crippen LogP contribution < -0.4 is 0 Å². The summed E-state index contributed by atoms with van der Waals surface area (Å²) < 4.78 is 26.3. The third-order valence-electron chi connectivity index (χ3n) is 5.74. The predicted molar refractivity (Wildman–Crippen MR) is 95.2 cm³/mol. The fourth-order valence-electron chi connectivity index (χ4n) is 3.86. The maximum Gasteiger partial charge on any atom is 0.187 e. The number of aliphatic hydroxyl groups is 10. The van der Waals surface area contributed by atoms with E-state index in [4.69, 9.17) is 23.7 Å². The Morgan fingerprint density at radius 3 is 1.44 bits per heavy atom. The minimum Gasteiger partial charge on any atom is -0.394 e. The van der Waals surface area contributed by atoms with Crippen LogP contribution >= 0.6 is 0 Å². The lowest BCUT2D eigenvalue weighted by molar-refractivity contribution is -0.365. The smallest absolute Gasteiger partial charge is 0.187 e. The molecule has 3 heterocycles. The van der Waals surface area contributed by atoms with Gasteiger partial charge in [-0.2, -0.15) is 0 Å². The molecule has 3 saturated heterocycles. The average molecular weight is 474 g/mol. The Balaban J connectivity index is 1.70. The molecular weight excluding hydrogens is 444 g/mol. The van der Waals surface area contributed by atoms with Gasteiger partial charge in [-0.3, -0.25) is 0 Å². The van der Waals surface area contributed by atoms with E-state index < -0.39 is 106 Å². The Morgan fingerprint density at radius 1 is 0.469 bits per heavy atom. The summed E-state index contributed by atoms with van der Waals surface area (Å²) >= 11 is 0. The molecular formula is C17H30O15. The highest BCUT2D eigenvalue weighted by molar-refractivity contribution is 4.95. The highest BCUT2D eigenvalue weighted by atomic mass is 16.8. The lowest BCUT2D eigenvalue weighted by Crippen LogP contribution is -2.65. The zero-order valence-corrected chi connectivity index (χ0v) is 16.7. The van der Waals surface area contributed by atoms with Gasteiger partial charge in [0.05, 0.1) is 19.8 Å². The van der Waals surface area contributed by atoms with Crippen LogP contribution in [-0.2, 0) is 23.7 Å². The van der Waals surface area contributed by atoms with Crippen LogP contribution in [0.5, 0.6) is 0 Å². The van der Waals surface area contributed by atoms with Crippen molar-refractivity contribution in [3.05, 3.63) is 0 Å². The molecule has 0 amide bonds. The summed E-state index contributed by atoms with van der Waals surface area (Å²) in [6.45, 7) is -2.14. The van der Waals surface area contributed by atoms with Crippen LogP contribution in [0.25, 0.3) is 0 Å². The average Bonchev–Trinajstić information content (AvgIpc) is 3.06. The third kappa shape index (κ3) is 4.92. The van der Waals surface area contributed by atoms with Gasteiger partial charge in [0.2, 0.25) is 0 Å². The fourth-order valence-corrected chi connectivity index (χ4v) is 3.86. The molecule has 0 saturated carbocycles. The molecule has 15 nitrogen and oxygen atoms in total. The molecule has 10 N–H and O–H groups in total. The minimum absolute atomic E-state index is 0.642. The number of aliphatic hydroxyl groups excluding tert-OH is 10. The molecule has 0 bridgehead atoms. The van der Waals surface area contributed by atoms with Gasteiger partial charge in [-0.05, 0) is 0 Å². The number of hydrogen-bond donors (Lipinski definition) is 10. The van der Waals surface area contributed by atoms with E-state index in [-0.39, 0.29) is 0 Å².